The van der Waals surface area contributed by atoms with Gasteiger partial charge in [-0.15, -0.1) is 0 Å². The van der Waals surface area contributed by atoms with E-state index in [1.54, 1.807) is 6.92 Å². The Morgan fingerprint density at radius 2 is 2.03 bits per heavy atom. The highest BCUT2D eigenvalue weighted by atomic mass is 35.5. The molecule has 0 spiro atoms. The zero-order valence-corrected chi connectivity index (χ0v) is 18.6. The van der Waals surface area contributed by atoms with E-state index < -0.39 is 0 Å². The number of carbonyl (C=O) groups excluding carboxylic acids is 1. The molecule has 1 aliphatic heterocycles. The van der Waals surface area contributed by atoms with E-state index in [0.29, 0.717) is 17.8 Å². The molecule has 3 aromatic rings. The Hall–Kier alpha value is -2.99. The molecule has 1 aliphatic rings. The van der Waals surface area contributed by atoms with Gasteiger partial charge in [0.2, 0.25) is 5.95 Å². The first kappa shape index (κ1) is 21.2. The summed E-state index contributed by atoms with van der Waals surface area (Å²) >= 11 is 6.15. The van der Waals surface area contributed by atoms with Crippen molar-refractivity contribution in [3.05, 3.63) is 81.4 Å². The van der Waals surface area contributed by atoms with Gasteiger partial charge in [0.25, 0.3) is 5.91 Å². The molecule has 3 heterocycles. The van der Waals surface area contributed by atoms with Gasteiger partial charge in [0, 0.05) is 41.6 Å². The predicted molar refractivity (Wildman–Crippen MR) is 122 cm³/mol. The summed E-state index contributed by atoms with van der Waals surface area (Å²) in [6.45, 7) is 5.17. The van der Waals surface area contributed by atoms with Gasteiger partial charge in [-0.1, -0.05) is 23.7 Å². The molecule has 7 heteroatoms. The minimum atomic E-state index is -0.0472. The van der Waals surface area contributed by atoms with Crippen LogP contribution in [0.4, 0.5) is 5.95 Å². The number of likely N-dealkylation sites (tertiary alicyclic amines) is 1. The second-order valence-electron chi connectivity index (χ2n) is 8.17. The maximum Gasteiger partial charge on any atom is 0.257 e. The molecule has 1 fully saturated rings. The largest absolute Gasteiger partial charge is 0.368 e. The molecule has 160 valence electrons. The number of benzene rings is 1. The van der Waals surface area contributed by atoms with Crippen LogP contribution in [0.1, 0.15) is 57.3 Å². The van der Waals surface area contributed by atoms with Crippen molar-refractivity contribution < 1.29 is 4.79 Å². The lowest BCUT2D eigenvalue weighted by molar-refractivity contribution is 0.0704. The third kappa shape index (κ3) is 5.02. The Kier molecular flexibility index (Phi) is 6.18. The zero-order valence-electron chi connectivity index (χ0n) is 17.8. The summed E-state index contributed by atoms with van der Waals surface area (Å²) in [5.74, 6) is 0.335. The molecule has 1 unspecified atom stereocenters. The average Bonchev–Trinajstić information content (AvgIpc) is 2.73. The molecule has 1 saturated heterocycles. The molecule has 1 atom stereocenters. The van der Waals surface area contributed by atoms with Crippen LogP contribution in [0.15, 0.2) is 42.6 Å². The molecule has 4 rings (SSSR count). The van der Waals surface area contributed by atoms with Crippen LogP contribution < -0.4 is 5.73 Å². The molecule has 1 aromatic carbocycles. The number of rotatable bonds is 4. The maximum absolute atomic E-state index is 13.1. The van der Waals surface area contributed by atoms with Gasteiger partial charge in [0.1, 0.15) is 0 Å². The van der Waals surface area contributed by atoms with Gasteiger partial charge in [0.05, 0.1) is 11.3 Å². The molecular weight excluding hydrogens is 410 g/mol. The van der Waals surface area contributed by atoms with Crippen molar-refractivity contribution >= 4 is 23.5 Å². The molecule has 0 saturated carbocycles. The number of pyridine rings is 1. The van der Waals surface area contributed by atoms with E-state index in [9.17, 15) is 4.79 Å². The summed E-state index contributed by atoms with van der Waals surface area (Å²) in [5.41, 5.74) is 11.2. The molecule has 0 radical (unpaired) electrons. The summed E-state index contributed by atoms with van der Waals surface area (Å²) in [5, 5.41) is 0.742. The highest BCUT2D eigenvalue weighted by molar-refractivity contribution is 6.30. The molecule has 0 aliphatic carbocycles. The van der Waals surface area contributed by atoms with E-state index in [2.05, 4.69) is 28.2 Å². The van der Waals surface area contributed by atoms with Gasteiger partial charge in [-0.3, -0.25) is 9.78 Å². The highest BCUT2D eigenvalue weighted by Gasteiger charge is 2.28. The summed E-state index contributed by atoms with van der Waals surface area (Å²) in [6.07, 6.45) is 4.27. The van der Waals surface area contributed by atoms with Crippen LogP contribution >= 0.6 is 11.6 Å². The predicted octanol–water partition coefficient (Wildman–Crippen LogP) is 4.33. The van der Waals surface area contributed by atoms with Crippen molar-refractivity contribution in [2.24, 2.45) is 0 Å². The van der Waals surface area contributed by atoms with Crippen LogP contribution in [0.5, 0.6) is 0 Å². The van der Waals surface area contributed by atoms with E-state index in [1.165, 1.54) is 17.3 Å². The van der Waals surface area contributed by atoms with Gasteiger partial charge in [0.15, 0.2) is 0 Å². The number of amides is 1. The van der Waals surface area contributed by atoms with Crippen molar-refractivity contribution in [3.8, 4) is 0 Å². The van der Waals surface area contributed by atoms with Gasteiger partial charge >= 0.3 is 0 Å². The summed E-state index contributed by atoms with van der Waals surface area (Å²) in [4.78, 5) is 27.9. The summed E-state index contributed by atoms with van der Waals surface area (Å²) in [6, 6.07) is 12.2. The topological polar surface area (TPSA) is 85.0 Å². The van der Waals surface area contributed by atoms with Gasteiger partial charge in [-0.25, -0.2) is 9.97 Å². The lowest BCUT2D eigenvalue weighted by atomic mass is 9.92. The number of piperidine rings is 1. The lowest BCUT2D eigenvalue weighted by Gasteiger charge is -2.33. The van der Waals surface area contributed by atoms with E-state index in [1.807, 2.05) is 30.0 Å². The van der Waals surface area contributed by atoms with Crippen LogP contribution in [-0.2, 0) is 6.42 Å². The number of carbonyl (C=O) groups is 1. The normalized spacial score (nSPS) is 16.4. The van der Waals surface area contributed by atoms with Crippen LogP contribution in [0.3, 0.4) is 0 Å². The number of halogens is 1. The van der Waals surface area contributed by atoms with Gasteiger partial charge in [-0.05, 0) is 68.5 Å². The Morgan fingerprint density at radius 3 is 2.81 bits per heavy atom. The number of hydrogen-bond donors (Lipinski definition) is 1. The van der Waals surface area contributed by atoms with E-state index in [0.717, 1.165) is 42.2 Å². The first-order valence-corrected chi connectivity index (χ1v) is 10.9. The van der Waals surface area contributed by atoms with Crippen LogP contribution in [-0.4, -0.2) is 38.8 Å². The minimum Gasteiger partial charge on any atom is -0.368 e. The monoisotopic (exact) mass is 435 g/mol. The smallest absolute Gasteiger partial charge is 0.257 e. The molecular formula is C24H26ClN5O. The number of nitrogens with zero attached hydrogens (tertiary/aromatic N) is 4. The Labute approximate surface area is 187 Å². The summed E-state index contributed by atoms with van der Waals surface area (Å²) < 4.78 is 0. The standard InChI is InChI=1S/C24H26ClN5O/c1-15-9-18(10-17-5-3-7-20(25)11-17)12-22(28-15)19-6-4-8-30(14-19)23(31)21-13-27-24(26)29-16(21)2/h3,5,7,9,11-13,19H,4,6,8,10,14H2,1-2H3,(H2,26,27,29). The van der Waals surface area contributed by atoms with Crippen molar-refractivity contribution in [2.75, 3.05) is 18.8 Å². The number of hydrogen-bond acceptors (Lipinski definition) is 5. The van der Waals surface area contributed by atoms with Crippen molar-refractivity contribution in [2.45, 2.75) is 39.0 Å². The molecule has 2 N–H and O–H groups in total. The van der Waals surface area contributed by atoms with Crippen molar-refractivity contribution in [1.29, 1.82) is 0 Å². The fraction of sp³-hybridized carbons (Fsp3) is 0.333. The third-order valence-electron chi connectivity index (χ3n) is 5.69. The van der Waals surface area contributed by atoms with Crippen LogP contribution in [0, 0.1) is 13.8 Å². The first-order valence-electron chi connectivity index (χ1n) is 10.5. The highest BCUT2D eigenvalue weighted by Crippen LogP contribution is 2.28. The molecule has 6 nitrogen and oxygen atoms in total. The van der Waals surface area contributed by atoms with Crippen molar-refractivity contribution in [1.82, 2.24) is 19.9 Å². The third-order valence-corrected chi connectivity index (χ3v) is 5.92. The van der Waals surface area contributed by atoms with Crippen LogP contribution in [0.2, 0.25) is 5.02 Å². The van der Waals surface area contributed by atoms with Crippen LogP contribution in [0.25, 0.3) is 0 Å². The second-order valence-corrected chi connectivity index (χ2v) is 8.60. The number of aromatic nitrogens is 3. The first-order chi connectivity index (χ1) is 14.9. The molecule has 0 bridgehead atoms. The molecule has 2 aromatic heterocycles. The number of nitrogen functional groups attached to an aromatic ring is 1. The van der Waals surface area contributed by atoms with Crippen molar-refractivity contribution in [3.63, 3.8) is 0 Å². The molecule has 1 amide bonds. The quantitative estimate of drug-likeness (QED) is 0.659. The van der Waals surface area contributed by atoms with E-state index in [-0.39, 0.29) is 17.8 Å². The van der Waals surface area contributed by atoms with Gasteiger partial charge in [-0.2, -0.15) is 0 Å². The minimum absolute atomic E-state index is 0.0472. The fourth-order valence-electron chi connectivity index (χ4n) is 4.23. The van der Waals surface area contributed by atoms with E-state index in [4.69, 9.17) is 22.3 Å². The molecule has 31 heavy (non-hydrogen) atoms. The lowest BCUT2D eigenvalue weighted by Crippen LogP contribution is -2.39. The van der Waals surface area contributed by atoms with Gasteiger partial charge < -0.3 is 10.6 Å². The average molecular weight is 436 g/mol. The number of anilines is 1. The zero-order chi connectivity index (χ0) is 22.0. The Balaban J connectivity index is 1.54. The maximum atomic E-state index is 13.1. The number of nitrogens with two attached hydrogens (primary N) is 1. The summed E-state index contributed by atoms with van der Waals surface area (Å²) in [7, 11) is 0. The van der Waals surface area contributed by atoms with E-state index >= 15 is 0 Å². The SMILES string of the molecule is Cc1cc(Cc2cccc(Cl)c2)cc(C2CCCN(C(=O)c3cnc(N)nc3C)C2)n1. The number of aryl methyl sites for hydroxylation is 2. The fourth-order valence-corrected chi connectivity index (χ4v) is 4.44. The Morgan fingerprint density at radius 1 is 1.19 bits per heavy atom. The Bertz CT molecular complexity index is 1120. The second kappa shape index (κ2) is 9.02.